The monoisotopic (exact) mass is 243 g/mol. The molecule has 0 radical (unpaired) electrons. The summed E-state index contributed by atoms with van der Waals surface area (Å²) in [5.74, 6) is -0.359. The fourth-order valence-electron chi connectivity index (χ4n) is 1.99. The molecule has 17 heavy (non-hydrogen) atoms. The van der Waals surface area contributed by atoms with Gasteiger partial charge in [-0.05, 0) is 48.5 Å². The average Bonchev–Trinajstić information content (AvgIpc) is 2.16. The molecule has 0 fully saturated rings. The Labute approximate surface area is 107 Å². The maximum absolute atomic E-state index is 10.1. The van der Waals surface area contributed by atoms with Crippen LogP contribution < -0.4 is 0 Å². The third-order valence-corrected chi connectivity index (χ3v) is 2.24. The lowest BCUT2D eigenvalue weighted by Gasteiger charge is -2.34. The van der Waals surface area contributed by atoms with Crippen molar-refractivity contribution in [2.24, 2.45) is 0 Å². The molecule has 0 aromatic heterocycles. The predicted molar refractivity (Wildman–Crippen MR) is 74.1 cm³/mol. The van der Waals surface area contributed by atoms with E-state index < -0.39 is 0 Å². The number of ether oxygens (including phenoxy) is 1. The van der Waals surface area contributed by atoms with E-state index >= 15 is 0 Å². The molecule has 0 aromatic carbocycles. The average molecular weight is 243 g/mol. The van der Waals surface area contributed by atoms with E-state index in [-0.39, 0.29) is 5.97 Å². The minimum atomic E-state index is -0.359. The van der Waals surface area contributed by atoms with Crippen LogP contribution in [0.1, 0.15) is 48.5 Å². The summed E-state index contributed by atoms with van der Waals surface area (Å²) in [6.07, 6.45) is 1.14. The van der Waals surface area contributed by atoms with Gasteiger partial charge < -0.3 is 4.74 Å². The van der Waals surface area contributed by atoms with Gasteiger partial charge in [-0.2, -0.15) is 0 Å². The second-order valence-corrected chi connectivity index (χ2v) is 4.68. The summed E-state index contributed by atoms with van der Waals surface area (Å²) in [4.78, 5) is 12.6. The highest BCUT2D eigenvalue weighted by Gasteiger charge is 2.15. The van der Waals surface area contributed by atoms with E-state index in [1.54, 1.807) is 6.92 Å². The van der Waals surface area contributed by atoms with Crippen molar-refractivity contribution in [1.82, 2.24) is 4.90 Å². The molecule has 3 nitrogen and oxygen atoms in total. The first-order chi connectivity index (χ1) is 7.77. The van der Waals surface area contributed by atoms with Gasteiger partial charge in [0.25, 0.3) is 0 Å². The van der Waals surface area contributed by atoms with E-state index in [1.165, 1.54) is 0 Å². The van der Waals surface area contributed by atoms with Crippen LogP contribution in [0.3, 0.4) is 0 Å². The van der Waals surface area contributed by atoms with Gasteiger partial charge in [-0.3, -0.25) is 4.90 Å². The van der Waals surface area contributed by atoms with Gasteiger partial charge in [0, 0.05) is 24.2 Å². The van der Waals surface area contributed by atoms with E-state index in [9.17, 15) is 4.79 Å². The zero-order valence-electron chi connectivity index (χ0n) is 12.5. The zero-order valence-corrected chi connectivity index (χ0v) is 12.5. The molecule has 0 aliphatic rings. The van der Waals surface area contributed by atoms with Crippen molar-refractivity contribution >= 4 is 5.97 Å². The highest BCUT2D eigenvalue weighted by atomic mass is 16.5. The highest BCUT2D eigenvalue weighted by molar-refractivity contribution is 5.81. The third-order valence-electron chi connectivity index (χ3n) is 2.24. The Hall–Kier alpha value is -0.830. The molecule has 0 aromatic rings. The number of esters is 1. The molecule has 0 N–H and O–H groups in total. The Kier molecular flexibility index (Phi) is 11.3. The molecule has 0 amide bonds. The van der Waals surface area contributed by atoms with E-state index in [4.69, 9.17) is 0 Å². The predicted octanol–water partition coefficient (Wildman–Crippen LogP) is 3.25. The Morgan fingerprint density at radius 3 is 1.53 bits per heavy atom. The van der Waals surface area contributed by atoms with E-state index in [0.717, 1.165) is 6.08 Å². The summed E-state index contributed by atoms with van der Waals surface area (Å²) in [7, 11) is 0. The molecule has 102 valence electrons. The van der Waals surface area contributed by atoms with E-state index in [2.05, 4.69) is 57.8 Å². The Morgan fingerprint density at radius 2 is 1.47 bits per heavy atom. The molecule has 3 heteroatoms. The smallest absolute Gasteiger partial charge is 0.330 e. The van der Waals surface area contributed by atoms with Crippen LogP contribution >= 0.6 is 0 Å². The van der Waals surface area contributed by atoms with Crippen LogP contribution in [-0.4, -0.2) is 35.6 Å². The first kappa shape index (κ1) is 18.5. The van der Waals surface area contributed by atoms with E-state index in [0.29, 0.717) is 24.7 Å². The Balaban J connectivity index is 0. The quantitative estimate of drug-likeness (QED) is 0.548. The molecule has 0 aliphatic carbocycles. The summed E-state index contributed by atoms with van der Waals surface area (Å²) in [5, 5.41) is 0. The molecule has 0 atom stereocenters. The van der Waals surface area contributed by atoms with Gasteiger partial charge in [0.15, 0.2) is 0 Å². The lowest BCUT2D eigenvalue weighted by atomic mass is 10.2. The second kappa shape index (κ2) is 10.3. The molecule has 0 saturated heterocycles. The molecule has 0 rings (SSSR count). The molecule has 0 unspecified atom stereocenters. The van der Waals surface area contributed by atoms with Crippen LogP contribution in [0.2, 0.25) is 0 Å². The summed E-state index contributed by atoms with van der Waals surface area (Å²) in [6, 6.07) is 2.00. The normalized spacial score (nSPS) is 10.5. The summed E-state index contributed by atoms with van der Waals surface area (Å²) in [6.45, 7) is 18.9. The molecular formula is C14H29NO2. The fraction of sp³-hybridized carbons (Fsp3) is 0.786. The third kappa shape index (κ3) is 10.1. The Bertz CT molecular complexity index is 191. The number of rotatable bonds is 5. The van der Waals surface area contributed by atoms with Crippen LogP contribution in [-0.2, 0) is 9.53 Å². The topological polar surface area (TPSA) is 29.5 Å². The van der Waals surface area contributed by atoms with Crippen LogP contribution in [0, 0.1) is 0 Å². The summed E-state index contributed by atoms with van der Waals surface area (Å²) < 4.78 is 4.43. The Morgan fingerprint density at radius 1 is 1.12 bits per heavy atom. The van der Waals surface area contributed by atoms with Crippen LogP contribution in [0.15, 0.2) is 12.7 Å². The van der Waals surface area contributed by atoms with Gasteiger partial charge in [0.2, 0.25) is 0 Å². The van der Waals surface area contributed by atoms with Crippen molar-refractivity contribution in [1.29, 1.82) is 0 Å². The zero-order chi connectivity index (χ0) is 14.0. The highest BCUT2D eigenvalue weighted by Crippen LogP contribution is 2.09. The van der Waals surface area contributed by atoms with Crippen LogP contribution in [0.25, 0.3) is 0 Å². The lowest BCUT2D eigenvalue weighted by molar-refractivity contribution is -0.137. The van der Waals surface area contributed by atoms with Crippen molar-refractivity contribution < 1.29 is 9.53 Å². The standard InChI is InChI=1S/C9H21N.C5H8O2/c1-7(2)10(8(3)4)9(5)6;1-3-5(6)7-4-2/h7-9H,1-6H3;3H,1,4H2,2H3. The maximum Gasteiger partial charge on any atom is 0.330 e. The number of nitrogens with zero attached hydrogens (tertiary/aromatic N) is 1. The summed E-state index contributed by atoms with van der Waals surface area (Å²) in [5.41, 5.74) is 0. The van der Waals surface area contributed by atoms with Gasteiger partial charge in [0.05, 0.1) is 6.61 Å². The minimum Gasteiger partial charge on any atom is -0.463 e. The molecule has 0 saturated carbocycles. The maximum atomic E-state index is 10.1. The number of hydrogen-bond acceptors (Lipinski definition) is 3. The SMILES string of the molecule is C=CC(=O)OCC.CC(C)N(C(C)C)C(C)C. The first-order valence-electron chi connectivity index (χ1n) is 6.34. The van der Waals surface area contributed by atoms with Gasteiger partial charge in [-0.15, -0.1) is 0 Å². The molecular weight excluding hydrogens is 214 g/mol. The van der Waals surface area contributed by atoms with Gasteiger partial charge in [0.1, 0.15) is 0 Å². The molecule has 0 aliphatic heterocycles. The molecule has 0 spiro atoms. The lowest BCUT2D eigenvalue weighted by Crippen LogP contribution is -2.42. The molecule has 0 bridgehead atoms. The molecule has 0 heterocycles. The van der Waals surface area contributed by atoms with Crippen molar-refractivity contribution in [2.45, 2.75) is 66.6 Å². The minimum absolute atomic E-state index is 0.359. The van der Waals surface area contributed by atoms with Gasteiger partial charge >= 0.3 is 5.97 Å². The number of carbonyl (C=O) groups excluding carboxylic acids is 1. The fourth-order valence-corrected chi connectivity index (χ4v) is 1.99. The second-order valence-electron chi connectivity index (χ2n) is 4.68. The van der Waals surface area contributed by atoms with Crippen molar-refractivity contribution in [3.8, 4) is 0 Å². The first-order valence-corrected chi connectivity index (χ1v) is 6.34. The largest absolute Gasteiger partial charge is 0.463 e. The van der Waals surface area contributed by atoms with Crippen molar-refractivity contribution in [3.05, 3.63) is 12.7 Å². The van der Waals surface area contributed by atoms with E-state index in [1.807, 2.05) is 0 Å². The van der Waals surface area contributed by atoms with Crippen LogP contribution in [0.5, 0.6) is 0 Å². The van der Waals surface area contributed by atoms with Crippen molar-refractivity contribution in [3.63, 3.8) is 0 Å². The van der Waals surface area contributed by atoms with Crippen LogP contribution in [0.4, 0.5) is 0 Å². The number of hydrogen-bond donors (Lipinski definition) is 0. The number of carbonyl (C=O) groups is 1. The van der Waals surface area contributed by atoms with Gasteiger partial charge in [-0.25, -0.2) is 4.79 Å². The summed E-state index contributed by atoms with van der Waals surface area (Å²) >= 11 is 0. The van der Waals surface area contributed by atoms with Gasteiger partial charge in [-0.1, -0.05) is 6.58 Å². The van der Waals surface area contributed by atoms with Crippen molar-refractivity contribution in [2.75, 3.05) is 6.61 Å².